The van der Waals surface area contributed by atoms with E-state index in [9.17, 15) is 14.4 Å². The predicted octanol–water partition coefficient (Wildman–Crippen LogP) is 8.28. The molecule has 0 unspecified atom stereocenters. The minimum absolute atomic E-state index is 0.208. The van der Waals surface area contributed by atoms with Crippen LogP contribution in [0.1, 0.15) is 169 Å². The van der Waals surface area contributed by atoms with E-state index in [1.807, 2.05) is 0 Å². The number of hydroxylamine groups is 4. The van der Waals surface area contributed by atoms with Crippen molar-refractivity contribution in [2.24, 2.45) is 15.0 Å². The number of carbonyl (C=O) groups excluding carboxylic acids is 2. The average Bonchev–Trinajstić information content (AvgIpc) is 3.95. The third-order valence-electron chi connectivity index (χ3n) is 10.4. The second-order valence-corrected chi connectivity index (χ2v) is 15.4. The van der Waals surface area contributed by atoms with Gasteiger partial charge in [0.05, 0.1) is 24.1 Å². The summed E-state index contributed by atoms with van der Waals surface area (Å²) in [5.41, 5.74) is 0. The van der Waals surface area contributed by atoms with E-state index in [0.717, 1.165) is 77.5 Å². The summed E-state index contributed by atoms with van der Waals surface area (Å²) in [6.45, 7) is 6.22. The normalized spacial score (nSPS) is 20.4. The van der Waals surface area contributed by atoms with Crippen molar-refractivity contribution in [3.63, 3.8) is 0 Å². The SMILES string of the molecule is C(=NC1CCCCC1)=NC1CCCCC1.CC(=O)OC(=NC1CCCCC1)NC1CCCCC1.CC(=O)ON1CCCC1.COCC(=O)O.N=S.ON1CCCC1.[2H]C#C. The highest BCUT2D eigenvalue weighted by Crippen LogP contribution is 2.23. The van der Waals surface area contributed by atoms with E-state index in [2.05, 4.69) is 49.9 Å². The largest absolute Gasteiger partial charge is 0.480 e. The van der Waals surface area contributed by atoms with Gasteiger partial charge in [0.15, 0.2) is 0 Å². The van der Waals surface area contributed by atoms with Crippen molar-refractivity contribution < 1.29 is 40.4 Å². The fourth-order valence-electron chi connectivity index (χ4n) is 7.43. The zero-order valence-electron chi connectivity index (χ0n) is 37.4. The van der Waals surface area contributed by atoms with Gasteiger partial charge in [-0.1, -0.05) is 77.0 Å². The first kappa shape index (κ1) is 53.7. The van der Waals surface area contributed by atoms with E-state index in [0.29, 0.717) is 30.2 Å². The zero-order chi connectivity index (χ0) is 44.6. The smallest absolute Gasteiger partial charge is 0.329 e. The highest BCUT2D eigenvalue weighted by atomic mass is 32.1. The number of ether oxygens (including phenoxy) is 2. The van der Waals surface area contributed by atoms with Gasteiger partial charge in [-0.2, -0.15) is 5.06 Å². The van der Waals surface area contributed by atoms with Crippen LogP contribution in [-0.4, -0.2) is 114 Å². The van der Waals surface area contributed by atoms with Crippen molar-refractivity contribution in [3.8, 4) is 12.8 Å². The summed E-state index contributed by atoms with van der Waals surface area (Å²) < 4.78 is 20.5. The molecule has 59 heavy (non-hydrogen) atoms. The van der Waals surface area contributed by atoms with Gasteiger partial charge in [-0.15, -0.1) is 17.9 Å². The maximum atomic E-state index is 11.2. The minimum atomic E-state index is -0.933. The van der Waals surface area contributed by atoms with E-state index in [1.54, 1.807) is 5.06 Å². The van der Waals surface area contributed by atoms with Crippen LogP contribution in [0.2, 0.25) is 0 Å². The quantitative estimate of drug-likeness (QED) is 0.0829. The average molecular weight is 853 g/mol. The molecule has 0 spiro atoms. The third kappa shape index (κ3) is 33.1. The first-order valence-electron chi connectivity index (χ1n) is 22.4. The Morgan fingerprint density at radius 3 is 1.47 bits per heavy atom. The molecule has 0 aromatic heterocycles. The Balaban J connectivity index is 0.000000753. The molecule has 0 aromatic carbocycles. The van der Waals surface area contributed by atoms with Crippen molar-refractivity contribution in [2.75, 3.05) is 39.9 Å². The Kier molecular flexibility index (Phi) is 35.4. The number of hydrogen-bond donors (Lipinski definition) is 4. The van der Waals surface area contributed by atoms with E-state index in [4.69, 9.17) is 26.0 Å². The molecule has 6 rings (SSSR count). The summed E-state index contributed by atoms with van der Waals surface area (Å²) in [5.74, 6) is -1.42. The number of carboxylic acid groups (broad SMARTS) is 1. The summed E-state index contributed by atoms with van der Waals surface area (Å²) in [4.78, 5) is 49.4. The number of carboxylic acids is 1. The number of aliphatic imine (C=N–C) groups is 3. The lowest BCUT2D eigenvalue weighted by Gasteiger charge is -2.25. The molecule has 6 aliphatic rings. The van der Waals surface area contributed by atoms with Gasteiger partial charge in [0.2, 0.25) is 0 Å². The molecule has 0 aromatic rings. The molecule has 4 aliphatic carbocycles. The molecule has 0 atom stereocenters. The Morgan fingerprint density at radius 1 is 0.729 bits per heavy atom. The maximum Gasteiger partial charge on any atom is 0.329 e. The molecule has 2 aliphatic heterocycles. The lowest BCUT2D eigenvalue weighted by molar-refractivity contribution is -0.182. The van der Waals surface area contributed by atoms with Crippen LogP contribution in [-0.2, 0) is 41.1 Å². The molecule has 4 saturated carbocycles. The predicted molar refractivity (Wildman–Crippen MR) is 234 cm³/mol. The van der Waals surface area contributed by atoms with E-state index in [-0.39, 0.29) is 18.5 Å². The molecule has 4 N–H and O–H groups in total. The van der Waals surface area contributed by atoms with Crippen LogP contribution in [0.5, 0.6) is 0 Å². The number of aliphatic carboxylic acids is 1. The van der Waals surface area contributed by atoms with Crippen LogP contribution >= 0.6 is 0 Å². The number of hydrogen-bond acceptors (Lipinski definition) is 14. The molecule has 0 radical (unpaired) electrons. The molecule has 0 amide bonds. The molecule has 16 heteroatoms. The van der Waals surface area contributed by atoms with Crippen molar-refractivity contribution in [3.05, 3.63) is 0 Å². The van der Waals surface area contributed by atoms with Gasteiger partial charge in [0, 0.05) is 65.6 Å². The van der Waals surface area contributed by atoms with Gasteiger partial charge >= 0.3 is 17.9 Å². The first-order chi connectivity index (χ1) is 29.1. The Labute approximate surface area is 361 Å². The van der Waals surface area contributed by atoms with Crippen LogP contribution in [0.25, 0.3) is 0 Å². The van der Waals surface area contributed by atoms with Crippen LogP contribution < -0.4 is 5.32 Å². The van der Waals surface area contributed by atoms with Crippen molar-refractivity contribution in [2.45, 2.75) is 192 Å². The summed E-state index contributed by atoms with van der Waals surface area (Å²) >= 11 is 3.33. The molecular weight excluding hydrogens is 775 g/mol. The van der Waals surface area contributed by atoms with Gasteiger partial charge in [-0.05, 0) is 77.0 Å². The standard InChI is InChI=1S/C15H26N2O2.C13H22N2.C6H11NO2.C4H9NO.C3H6O3.C2H2.HNS/c1-12(18)19-15(16-13-8-4-2-5-9-13)17-14-10-6-3-7-11-14;1-3-7-12(8-4-1)14-11-15-13-9-5-2-6-10-13;1-6(8)9-7-4-2-3-5-7;6-5-3-1-2-4-5;1-6-2-3(4)5;2*1-2/h13-14H,2-11H2,1H3,(H,16,17);12-13H,1-10H2;2-5H2,1H3;6H,1-4H2;2H2,1H3,(H,4,5);1-2H;1H/i;;;;;1D;. The molecule has 6 fully saturated rings. The van der Waals surface area contributed by atoms with Crippen LogP contribution in [0.4, 0.5) is 0 Å². The first-order valence-corrected chi connectivity index (χ1v) is 22.3. The van der Waals surface area contributed by atoms with Gasteiger partial charge in [-0.25, -0.2) is 24.6 Å². The second-order valence-electron chi connectivity index (χ2n) is 15.4. The number of carbonyl (C=O) groups is 3. The highest BCUT2D eigenvalue weighted by Gasteiger charge is 2.20. The Morgan fingerprint density at radius 2 is 1.14 bits per heavy atom. The third-order valence-corrected chi connectivity index (χ3v) is 10.4. The van der Waals surface area contributed by atoms with E-state index in [1.165, 1.54) is 135 Å². The number of rotatable bonds is 7. The van der Waals surface area contributed by atoms with Crippen LogP contribution in [0.15, 0.2) is 15.0 Å². The lowest BCUT2D eigenvalue weighted by Crippen LogP contribution is -2.39. The zero-order valence-corrected chi connectivity index (χ0v) is 37.2. The molecule has 15 nitrogen and oxygen atoms in total. The molecule has 338 valence electrons. The monoisotopic (exact) mass is 853 g/mol. The van der Waals surface area contributed by atoms with E-state index < -0.39 is 5.97 Å². The van der Waals surface area contributed by atoms with E-state index >= 15 is 0 Å². The number of nitrogens with one attached hydrogen (secondary N) is 2. The van der Waals surface area contributed by atoms with Gasteiger partial charge in [0.1, 0.15) is 7.98 Å². The molecular formula is C43H77N7O8S. The van der Waals surface area contributed by atoms with Crippen LogP contribution in [0.3, 0.4) is 0 Å². The second kappa shape index (κ2) is 38.9. The topological polar surface area (TPSA) is 199 Å². The van der Waals surface area contributed by atoms with Crippen molar-refractivity contribution in [1.82, 2.24) is 15.4 Å². The summed E-state index contributed by atoms with van der Waals surface area (Å²) in [5, 5.41) is 22.8. The van der Waals surface area contributed by atoms with Crippen molar-refractivity contribution in [1.29, 1.82) is 4.78 Å². The lowest BCUT2D eigenvalue weighted by atomic mass is 9.95. The van der Waals surface area contributed by atoms with Crippen LogP contribution in [0, 0.1) is 17.6 Å². The number of esters is 1. The summed E-state index contributed by atoms with van der Waals surface area (Å²) in [6.07, 6.45) is 35.8. The minimum Gasteiger partial charge on any atom is -0.480 e. The summed E-state index contributed by atoms with van der Waals surface area (Å²) in [7, 11) is 1.34. The highest BCUT2D eigenvalue weighted by molar-refractivity contribution is 7.45. The van der Waals surface area contributed by atoms with Gasteiger partial charge in [0.25, 0.3) is 6.02 Å². The maximum absolute atomic E-state index is 11.2. The summed E-state index contributed by atoms with van der Waals surface area (Å²) in [6, 6.07) is 5.26. The molecule has 0 bridgehead atoms. The number of amidine groups is 1. The fraction of sp³-hybridized carbons (Fsp3) is 0.837. The molecule has 2 saturated heterocycles. The Bertz CT molecular complexity index is 1210. The Hall–Kier alpha value is -3.32. The number of terminal acetylenes is 1. The molecule has 2 heterocycles. The van der Waals surface area contributed by atoms with Crippen molar-refractivity contribution >= 4 is 42.4 Å². The van der Waals surface area contributed by atoms with Gasteiger partial charge < -0.3 is 29.9 Å². The fourth-order valence-corrected chi connectivity index (χ4v) is 7.43. The number of methoxy groups -OCH3 is 1. The number of nitrogens with zero attached hydrogens (tertiary/aromatic N) is 5. The van der Waals surface area contributed by atoms with Gasteiger partial charge in [-0.3, -0.25) is 9.59 Å².